The second kappa shape index (κ2) is 7.18. The summed E-state index contributed by atoms with van der Waals surface area (Å²) in [5.41, 5.74) is 4.61. The van der Waals surface area contributed by atoms with Gasteiger partial charge in [-0.1, -0.05) is 33.6 Å². The molecule has 4 aromatic rings. The van der Waals surface area contributed by atoms with Gasteiger partial charge < -0.3 is 9.73 Å². The molecule has 4 nitrogen and oxygen atoms in total. The van der Waals surface area contributed by atoms with Crippen LogP contribution in [0.3, 0.4) is 0 Å². The van der Waals surface area contributed by atoms with E-state index in [0.717, 1.165) is 26.7 Å². The molecular formula is C21H14BrClN2O2. The first-order valence-corrected chi connectivity index (χ1v) is 9.41. The van der Waals surface area contributed by atoms with Gasteiger partial charge in [-0.05, 0) is 67.1 Å². The van der Waals surface area contributed by atoms with Crippen LogP contribution >= 0.6 is 27.5 Å². The maximum Gasteiger partial charge on any atom is 0.257 e. The number of hydrogen-bond donors (Lipinski definition) is 1. The Hall–Kier alpha value is -2.63. The van der Waals surface area contributed by atoms with Crippen LogP contribution in [0.5, 0.6) is 0 Å². The van der Waals surface area contributed by atoms with Gasteiger partial charge in [0, 0.05) is 15.7 Å². The Kier molecular flexibility index (Phi) is 4.72. The molecule has 0 radical (unpaired) electrons. The van der Waals surface area contributed by atoms with E-state index in [9.17, 15) is 4.79 Å². The van der Waals surface area contributed by atoms with Crippen LogP contribution in [0.15, 0.2) is 69.6 Å². The van der Waals surface area contributed by atoms with Crippen molar-refractivity contribution >= 4 is 50.2 Å². The zero-order chi connectivity index (χ0) is 19.0. The van der Waals surface area contributed by atoms with Crippen LogP contribution in [0, 0.1) is 6.92 Å². The molecule has 0 saturated carbocycles. The highest BCUT2D eigenvalue weighted by Crippen LogP contribution is 2.27. The molecule has 1 heterocycles. The van der Waals surface area contributed by atoms with E-state index in [1.54, 1.807) is 30.3 Å². The van der Waals surface area contributed by atoms with E-state index in [1.807, 2.05) is 37.3 Å². The molecule has 1 N–H and O–H groups in total. The maximum absolute atomic E-state index is 12.4. The minimum absolute atomic E-state index is 0.272. The summed E-state index contributed by atoms with van der Waals surface area (Å²) in [7, 11) is 0. The van der Waals surface area contributed by atoms with Gasteiger partial charge in [0.2, 0.25) is 5.89 Å². The van der Waals surface area contributed by atoms with Crippen LogP contribution in [0.2, 0.25) is 5.02 Å². The first-order valence-electron chi connectivity index (χ1n) is 8.23. The standard InChI is InChI=1S/C21H14BrClN2O2/c1-12-2-9-19-18(10-12)25-21(27-19)13-3-6-15(7-4-13)24-20(26)16-11-14(22)5-8-17(16)23/h2-11H,1H3,(H,24,26). The van der Waals surface area contributed by atoms with Gasteiger partial charge in [0.1, 0.15) is 5.52 Å². The summed E-state index contributed by atoms with van der Waals surface area (Å²) in [6, 6.07) is 18.4. The van der Waals surface area contributed by atoms with Crippen LogP contribution in [0.25, 0.3) is 22.6 Å². The van der Waals surface area contributed by atoms with Crippen molar-refractivity contribution in [2.75, 3.05) is 5.32 Å². The van der Waals surface area contributed by atoms with Crippen LogP contribution < -0.4 is 5.32 Å². The van der Waals surface area contributed by atoms with Gasteiger partial charge in [0.15, 0.2) is 5.58 Å². The highest BCUT2D eigenvalue weighted by molar-refractivity contribution is 9.10. The molecule has 0 aliphatic rings. The minimum atomic E-state index is -0.272. The number of halogens is 2. The third-order valence-corrected chi connectivity index (χ3v) is 4.93. The van der Waals surface area contributed by atoms with Gasteiger partial charge in [0.05, 0.1) is 10.6 Å². The van der Waals surface area contributed by atoms with Crippen molar-refractivity contribution in [2.45, 2.75) is 6.92 Å². The molecule has 0 aliphatic heterocycles. The van der Waals surface area contributed by atoms with Crippen molar-refractivity contribution in [3.63, 3.8) is 0 Å². The Labute approximate surface area is 169 Å². The summed E-state index contributed by atoms with van der Waals surface area (Å²) < 4.78 is 6.60. The summed E-state index contributed by atoms with van der Waals surface area (Å²) in [4.78, 5) is 17.0. The number of oxazole rings is 1. The van der Waals surface area contributed by atoms with Crippen molar-refractivity contribution in [1.82, 2.24) is 4.98 Å². The minimum Gasteiger partial charge on any atom is -0.436 e. The number of nitrogens with one attached hydrogen (secondary N) is 1. The Morgan fingerprint density at radius 3 is 2.63 bits per heavy atom. The summed E-state index contributed by atoms with van der Waals surface area (Å²) in [6.07, 6.45) is 0. The molecule has 6 heteroatoms. The molecule has 1 amide bonds. The Bertz CT molecular complexity index is 1150. The van der Waals surface area contributed by atoms with Crippen LogP contribution in [-0.4, -0.2) is 10.9 Å². The van der Waals surface area contributed by atoms with Crippen LogP contribution in [0.4, 0.5) is 5.69 Å². The summed E-state index contributed by atoms with van der Waals surface area (Å²) in [5.74, 6) is 0.273. The van der Waals surface area contributed by atoms with Gasteiger partial charge in [-0.3, -0.25) is 4.79 Å². The molecular weight excluding hydrogens is 428 g/mol. The first-order chi connectivity index (χ1) is 13.0. The van der Waals surface area contributed by atoms with Gasteiger partial charge in [-0.15, -0.1) is 0 Å². The number of benzene rings is 3. The van der Waals surface area contributed by atoms with Crippen LogP contribution in [0.1, 0.15) is 15.9 Å². The van der Waals surface area contributed by atoms with Gasteiger partial charge >= 0.3 is 0 Å². The SMILES string of the molecule is Cc1ccc2oc(-c3ccc(NC(=O)c4cc(Br)ccc4Cl)cc3)nc2c1. The van der Waals surface area contributed by atoms with Crippen LogP contribution in [-0.2, 0) is 0 Å². The topological polar surface area (TPSA) is 55.1 Å². The molecule has 134 valence electrons. The fourth-order valence-electron chi connectivity index (χ4n) is 2.73. The zero-order valence-electron chi connectivity index (χ0n) is 14.3. The Balaban J connectivity index is 1.56. The lowest BCUT2D eigenvalue weighted by Gasteiger charge is -2.07. The van der Waals surface area contributed by atoms with E-state index >= 15 is 0 Å². The van der Waals surface area contributed by atoms with Crippen molar-refractivity contribution < 1.29 is 9.21 Å². The fraction of sp³-hybridized carbons (Fsp3) is 0.0476. The van der Waals surface area contributed by atoms with E-state index in [4.69, 9.17) is 16.0 Å². The maximum atomic E-state index is 12.4. The predicted octanol–water partition coefficient (Wildman–Crippen LogP) is 6.47. The Morgan fingerprint density at radius 1 is 1.07 bits per heavy atom. The lowest BCUT2D eigenvalue weighted by molar-refractivity contribution is 0.102. The number of hydrogen-bond acceptors (Lipinski definition) is 3. The molecule has 0 bridgehead atoms. The molecule has 1 aromatic heterocycles. The molecule has 0 unspecified atom stereocenters. The number of anilines is 1. The number of aryl methyl sites for hydroxylation is 1. The number of carbonyl (C=O) groups is 1. The van der Waals surface area contributed by atoms with Crippen molar-refractivity contribution in [3.8, 4) is 11.5 Å². The largest absolute Gasteiger partial charge is 0.436 e. The third kappa shape index (κ3) is 3.75. The summed E-state index contributed by atoms with van der Waals surface area (Å²) in [5, 5.41) is 3.24. The first kappa shape index (κ1) is 17.8. The zero-order valence-corrected chi connectivity index (χ0v) is 16.6. The summed E-state index contributed by atoms with van der Waals surface area (Å²) >= 11 is 9.46. The lowest BCUT2D eigenvalue weighted by atomic mass is 10.2. The van der Waals surface area contributed by atoms with E-state index in [0.29, 0.717) is 22.2 Å². The third-order valence-electron chi connectivity index (χ3n) is 4.11. The predicted molar refractivity (Wildman–Crippen MR) is 111 cm³/mol. The van der Waals surface area contributed by atoms with E-state index in [2.05, 4.69) is 26.2 Å². The number of aromatic nitrogens is 1. The highest BCUT2D eigenvalue weighted by Gasteiger charge is 2.12. The van der Waals surface area contributed by atoms with E-state index in [1.165, 1.54) is 0 Å². The van der Waals surface area contributed by atoms with E-state index < -0.39 is 0 Å². The number of nitrogens with zero attached hydrogens (tertiary/aromatic N) is 1. The molecule has 0 aliphatic carbocycles. The fourth-order valence-corrected chi connectivity index (χ4v) is 3.29. The molecule has 4 rings (SSSR count). The normalized spacial score (nSPS) is 10.9. The number of amides is 1. The Morgan fingerprint density at radius 2 is 1.85 bits per heavy atom. The average molecular weight is 442 g/mol. The molecule has 0 fully saturated rings. The molecule has 0 atom stereocenters. The number of rotatable bonds is 3. The molecule has 0 spiro atoms. The smallest absolute Gasteiger partial charge is 0.257 e. The lowest BCUT2D eigenvalue weighted by Crippen LogP contribution is -2.12. The molecule has 27 heavy (non-hydrogen) atoms. The monoisotopic (exact) mass is 440 g/mol. The quantitative estimate of drug-likeness (QED) is 0.396. The summed E-state index contributed by atoms with van der Waals surface area (Å²) in [6.45, 7) is 2.02. The number of carbonyl (C=O) groups excluding carboxylic acids is 1. The second-order valence-corrected chi connectivity index (χ2v) is 7.47. The average Bonchev–Trinajstić information content (AvgIpc) is 3.07. The van der Waals surface area contributed by atoms with Gasteiger partial charge in [-0.25, -0.2) is 4.98 Å². The van der Waals surface area contributed by atoms with E-state index in [-0.39, 0.29) is 5.91 Å². The number of fused-ring (bicyclic) bond motifs is 1. The second-order valence-electron chi connectivity index (χ2n) is 6.15. The molecule has 0 saturated heterocycles. The van der Waals surface area contributed by atoms with Crippen molar-refractivity contribution in [2.24, 2.45) is 0 Å². The van der Waals surface area contributed by atoms with Gasteiger partial charge in [-0.2, -0.15) is 0 Å². The highest BCUT2D eigenvalue weighted by atomic mass is 79.9. The molecule has 3 aromatic carbocycles. The van der Waals surface area contributed by atoms with Crippen molar-refractivity contribution in [1.29, 1.82) is 0 Å². The van der Waals surface area contributed by atoms with Gasteiger partial charge in [0.25, 0.3) is 5.91 Å². The van der Waals surface area contributed by atoms with Crippen molar-refractivity contribution in [3.05, 3.63) is 81.3 Å².